The van der Waals surface area contributed by atoms with Crippen molar-refractivity contribution in [1.82, 2.24) is 24.9 Å². The summed E-state index contributed by atoms with van der Waals surface area (Å²) in [6.45, 7) is 4.68. The Kier molecular flexibility index (Phi) is 5.27. The quantitative estimate of drug-likeness (QED) is 0.682. The van der Waals surface area contributed by atoms with Gasteiger partial charge in [0.05, 0.1) is 17.9 Å². The van der Waals surface area contributed by atoms with Crippen LogP contribution in [-0.4, -0.2) is 38.1 Å². The fourth-order valence-electron chi connectivity index (χ4n) is 3.37. The molecule has 1 N–H and O–H groups in total. The maximum Gasteiger partial charge on any atom is 0.311 e. The Morgan fingerprint density at radius 3 is 2.97 bits per heavy atom. The summed E-state index contributed by atoms with van der Waals surface area (Å²) in [5, 5.41) is 7.66. The molecule has 0 bridgehead atoms. The smallest absolute Gasteiger partial charge is 0.311 e. The minimum atomic E-state index is -0.872. The normalized spacial score (nSPS) is 16.5. The summed E-state index contributed by atoms with van der Waals surface area (Å²) in [7, 11) is 0. The average molecular weight is 416 g/mol. The second-order valence-corrected chi connectivity index (χ2v) is 7.94. The summed E-state index contributed by atoms with van der Waals surface area (Å²) in [5.41, 5.74) is 1.17. The highest BCUT2D eigenvalue weighted by atomic mass is 32.1. The zero-order valence-corrected chi connectivity index (χ0v) is 17.0. The first-order valence-corrected chi connectivity index (χ1v) is 10.3. The summed E-state index contributed by atoms with van der Waals surface area (Å²) in [4.78, 5) is 35.7. The van der Waals surface area contributed by atoms with Crippen molar-refractivity contribution in [2.75, 3.05) is 11.4 Å². The van der Waals surface area contributed by atoms with Crippen LogP contribution >= 0.6 is 11.3 Å². The molecule has 1 aliphatic rings. The Morgan fingerprint density at radius 1 is 1.41 bits per heavy atom. The predicted molar refractivity (Wildman–Crippen MR) is 108 cm³/mol. The van der Waals surface area contributed by atoms with Gasteiger partial charge in [-0.05, 0) is 37.8 Å². The van der Waals surface area contributed by atoms with Gasteiger partial charge in [-0.1, -0.05) is 24.3 Å². The Bertz CT molecular complexity index is 1110. The SMILES string of the molecule is CCc1nc2sc(N3CCC[C@@H]3C(=O)NCc3ccc(C)cn3)nn2c(=O)c1F. The Morgan fingerprint density at radius 2 is 2.24 bits per heavy atom. The van der Waals surface area contributed by atoms with Crippen LogP contribution in [0.1, 0.15) is 36.7 Å². The standard InChI is InChI=1S/C19H21FN6O2S/c1-3-13-15(20)17(28)26-18(23-13)29-19(24-26)25-8-4-5-14(25)16(27)22-10-12-7-6-11(2)9-21-12/h6-7,9,14H,3-5,8,10H2,1-2H3,(H,22,27)/t14-/m1/s1. The molecule has 0 radical (unpaired) electrons. The maximum atomic E-state index is 14.1. The fourth-order valence-corrected chi connectivity index (χ4v) is 4.36. The van der Waals surface area contributed by atoms with Gasteiger partial charge >= 0.3 is 5.56 Å². The van der Waals surface area contributed by atoms with Crippen molar-refractivity contribution in [3.8, 4) is 0 Å². The molecule has 0 saturated carbocycles. The molecule has 8 nitrogen and oxygen atoms in total. The summed E-state index contributed by atoms with van der Waals surface area (Å²) < 4.78 is 15.1. The van der Waals surface area contributed by atoms with Gasteiger partial charge in [0.1, 0.15) is 6.04 Å². The molecule has 0 spiro atoms. The fraction of sp³-hybridized carbons (Fsp3) is 0.421. The zero-order valence-electron chi connectivity index (χ0n) is 16.2. The second-order valence-electron chi connectivity index (χ2n) is 7.01. The van der Waals surface area contributed by atoms with Gasteiger partial charge in [-0.25, -0.2) is 4.98 Å². The van der Waals surface area contributed by atoms with Crippen molar-refractivity contribution in [1.29, 1.82) is 0 Å². The van der Waals surface area contributed by atoms with Gasteiger partial charge in [0.25, 0.3) is 0 Å². The molecule has 1 saturated heterocycles. The van der Waals surface area contributed by atoms with Crippen LogP contribution in [0.5, 0.6) is 0 Å². The van der Waals surface area contributed by atoms with Crippen molar-refractivity contribution in [3.05, 3.63) is 51.5 Å². The topological polar surface area (TPSA) is 92.5 Å². The van der Waals surface area contributed by atoms with Crippen LogP contribution in [0, 0.1) is 12.7 Å². The summed E-state index contributed by atoms with van der Waals surface area (Å²) in [6.07, 6.45) is 3.60. The molecule has 10 heteroatoms. The van der Waals surface area contributed by atoms with Crippen LogP contribution in [0.25, 0.3) is 4.96 Å². The number of nitrogens with one attached hydrogen (secondary N) is 1. The number of aromatic nitrogens is 4. The molecular formula is C19H21FN6O2S. The molecule has 1 amide bonds. The number of hydrogen-bond acceptors (Lipinski definition) is 7. The molecular weight excluding hydrogens is 395 g/mol. The van der Waals surface area contributed by atoms with Gasteiger partial charge in [-0.2, -0.15) is 8.91 Å². The minimum absolute atomic E-state index is 0.120. The molecule has 1 fully saturated rings. The largest absolute Gasteiger partial charge is 0.349 e. The van der Waals surface area contributed by atoms with Crippen molar-refractivity contribution < 1.29 is 9.18 Å². The van der Waals surface area contributed by atoms with Crippen molar-refractivity contribution in [2.45, 2.75) is 45.7 Å². The van der Waals surface area contributed by atoms with Crippen molar-refractivity contribution >= 4 is 27.3 Å². The number of aryl methyl sites for hydroxylation is 2. The molecule has 4 rings (SSSR count). The van der Waals surface area contributed by atoms with Gasteiger partial charge in [0.2, 0.25) is 21.8 Å². The zero-order chi connectivity index (χ0) is 20.5. The number of amides is 1. The number of halogens is 1. The van der Waals surface area contributed by atoms with Crippen LogP contribution in [-0.2, 0) is 17.8 Å². The van der Waals surface area contributed by atoms with Crippen molar-refractivity contribution in [2.24, 2.45) is 0 Å². The van der Waals surface area contributed by atoms with E-state index >= 15 is 0 Å². The number of anilines is 1. The lowest BCUT2D eigenvalue weighted by Gasteiger charge is -2.22. The van der Waals surface area contributed by atoms with Crippen molar-refractivity contribution in [3.63, 3.8) is 0 Å². The number of hydrogen-bond donors (Lipinski definition) is 1. The summed E-state index contributed by atoms with van der Waals surface area (Å²) in [5.74, 6) is -0.993. The molecule has 0 aliphatic carbocycles. The van der Waals surface area contributed by atoms with Crippen LogP contribution in [0.3, 0.4) is 0 Å². The third-order valence-corrected chi connectivity index (χ3v) is 5.91. The molecule has 4 heterocycles. The molecule has 0 unspecified atom stereocenters. The van der Waals surface area contributed by atoms with Crippen LogP contribution < -0.4 is 15.8 Å². The third-order valence-electron chi connectivity index (χ3n) is 4.97. The molecule has 1 atom stereocenters. The molecule has 3 aromatic rings. The highest BCUT2D eigenvalue weighted by Gasteiger charge is 2.33. The number of nitrogens with zero attached hydrogens (tertiary/aromatic N) is 5. The first-order chi connectivity index (χ1) is 14.0. The number of fused-ring (bicyclic) bond motifs is 1. The number of carbonyl (C=O) groups excluding carboxylic acids is 1. The molecule has 0 aromatic carbocycles. The van der Waals surface area contributed by atoms with Gasteiger partial charge in [-0.3, -0.25) is 14.6 Å². The van der Waals surface area contributed by atoms with E-state index < -0.39 is 17.4 Å². The van der Waals surface area contributed by atoms with E-state index in [4.69, 9.17) is 0 Å². The molecule has 3 aromatic heterocycles. The highest BCUT2D eigenvalue weighted by Crippen LogP contribution is 2.29. The number of rotatable bonds is 5. The van der Waals surface area contributed by atoms with Crippen LogP contribution in [0.15, 0.2) is 23.1 Å². The van der Waals surface area contributed by atoms with Gasteiger partial charge in [0.15, 0.2) is 0 Å². The minimum Gasteiger partial charge on any atom is -0.349 e. The average Bonchev–Trinajstić information content (AvgIpc) is 3.37. The van der Waals surface area contributed by atoms with Gasteiger partial charge in [0, 0.05) is 12.7 Å². The van der Waals surface area contributed by atoms with E-state index in [1.165, 1.54) is 11.3 Å². The molecule has 152 valence electrons. The second kappa shape index (κ2) is 7.86. The summed E-state index contributed by atoms with van der Waals surface area (Å²) in [6, 6.07) is 3.44. The van der Waals surface area contributed by atoms with E-state index in [9.17, 15) is 14.0 Å². The Labute approximate surface area is 170 Å². The van der Waals surface area contributed by atoms with E-state index in [0.717, 1.165) is 22.2 Å². The predicted octanol–water partition coefficient (Wildman–Crippen LogP) is 1.84. The number of pyridine rings is 1. The Hall–Kier alpha value is -2.88. The lowest BCUT2D eigenvalue weighted by molar-refractivity contribution is -0.122. The first-order valence-electron chi connectivity index (χ1n) is 9.52. The van der Waals surface area contributed by atoms with Gasteiger partial charge in [-0.15, -0.1) is 5.10 Å². The van der Waals surface area contributed by atoms with E-state index in [2.05, 4.69) is 20.4 Å². The van der Waals surface area contributed by atoms with E-state index in [1.807, 2.05) is 24.0 Å². The highest BCUT2D eigenvalue weighted by molar-refractivity contribution is 7.20. The monoisotopic (exact) mass is 416 g/mol. The van der Waals surface area contributed by atoms with E-state index in [0.29, 0.717) is 36.0 Å². The molecule has 29 heavy (non-hydrogen) atoms. The van der Waals surface area contributed by atoms with E-state index in [1.54, 1.807) is 13.1 Å². The van der Waals surface area contributed by atoms with Crippen LogP contribution in [0.4, 0.5) is 9.52 Å². The third kappa shape index (κ3) is 3.71. The maximum absolute atomic E-state index is 14.1. The van der Waals surface area contributed by atoms with Crippen LogP contribution in [0.2, 0.25) is 0 Å². The summed E-state index contributed by atoms with van der Waals surface area (Å²) >= 11 is 1.19. The van der Waals surface area contributed by atoms with E-state index in [-0.39, 0.29) is 11.6 Å². The lowest BCUT2D eigenvalue weighted by atomic mass is 10.2. The number of carbonyl (C=O) groups is 1. The first kappa shape index (κ1) is 19.4. The molecule has 1 aliphatic heterocycles. The Balaban J connectivity index is 1.54. The van der Waals surface area contributed by atoms with Gasteiger partial charge < -0.3 is 10.2 Å². The lowest BCUT2D eigenvalue weighted by Crippen LogP contribution is -2.43.